The van der Waals surface area contributed by atoms with Crippen LogP contribution in [0.15, 0.2) is 45.6 Å². The molecule has 2 atom stereocenters. The van der Waals surface area contributed by atoms with Crippen molar-refractivity contribution in [2.75, 3.05) is 39.5 Å². The Morgan fingerprint density at radius 2 is 1.95 bits per heavy atom. The number of hydrogen-bond acceptors (Lipinski definition) is 9. The number of amides is 2. The van der Waals surface area contributed by atoms with Gasteiger partial charge >= 0.3 is 11.8 Å². The van der Waals surface area contributed by atoms with Crippen LogP contribution in [-0.4, -0.2) is 83.8 Å². The highest BCUT2D eigenvalue weighted by molar-refractivity contribution is 5.83. The number of nitrogens with zero attached hydrogens (tertiary/aromatic N) is 3. The minimum absolute atomic E-state index is 0.0352. The van der Waals surface area contributed by atoms with Gasteiger partial charge in [-0.2, -0.15) is 5.26 Å². The standard InChI is InChI=1S/C31H37FN4O8/c1-31(2,3)44-29(39)35-9-4-12-42-27(19-35)28(38)34-23(18-33)15-22-6-5-20(16-24(22)32)21-7-8-26-25(17-21)36(30(40)43-26)10-13-41-14-11-37/h5-8,16-17,23,27,37H,4,9-15,19H2,1-3H3,(H,34,38)/t23-,27-/m0/s1. The van der Waals surface area contributed by atoms with Crippen LogP contribution < -0.4 is 11.1 Å². The largest absolute Gasteiger partial charge is 0.444 e. The molecular formula is C31H37FN4O8. The first kappa shape index (κ1) is 32.7. The van der Waals surface area contributed by atoms with Gasteiger partial charge in [-0.3, -0.25) is 9.36 Å². The second kappa shape index (κ2) is 14.5. The molecule has 3 aromatic rings. The second-order valence-corrected chi connectivity index (χ2v) is 11.4. The quantitative estimate of drug-likeness (QED) is 0.329. The van der Waals surface area contributed by atoms with Crippen LogP contribution in [0.1, 0.15) is 32.8 Å². The maximum atomic E-state index is 15.3. The summed E-state index contributed by atoms with van der Waals surface area (Å²) in [4.78, 5) is 39.3. The molecular weight excluding hydrogens is 575 g/mol. The van der Waals surface area contributed by atoms with Gasteiger partial charge in [-0.15, -0.1) is 0 Å². The normalized spacial score (nSPS) is 16.3. The second-order valence-electron chi connectivity index (χ2n) is 11.4. The topological polar surface area (TPSA) is 156 Å². The van der Waals surface area contributed by atoms with E-state index in [1.807, 2.05) is 6.07 Å². The van der Waals surface area contributed by atoms with Gasteiger partial charge in [-0.05, 0) is 62.1 Å². The van der Waals surface area contributed by atoms with Gasteiger partial charge in [0.2, 0.25) is 0 Å². The minimum atomic E-state index is -1.05. The van der Waals surface area contributed by atoms with E-state index in [4.69, 9.17) is 23.7 Å². The molecule has 1 aromatic heterocycles. The summed E-state index contributed by atoms with van der Waals surface area (Å²) in [6.07, 6.45) is -1.13. The van der Waals surface area contributed by atoms with Crippen LogP contribution in [0.25, 0.3) is 22.2 Å². The van der Waals surface area contributed by atoms with Gasteiger partial charge in [0, 0.05) is 19.6 Å². The molecule has 0 spiro atoms. The van der Waals surface area contributed by atoms with Crippen molar-refractivity contribution in [3.63, 3.8) is 0 Å². The Morgan fingerprint density at radius 3 is 2.66 bits per heavy atom. The molecule has 4 rings (SSSR count). The molecule has 0 aliphatic carbocycles. The predicted octanol–water partition coefficient (Wildman–Crippen LogP) is 2.99. The molecule has 0 radical (unpaired) electrons. The lowest BCUT2D eigenvalue weighted by atomic mass is 10.00. The summed E-state index contributed by atoms with van der Waals surface area (Å²) in [5.74, 6) is -1.70. The van der Waals surface area contributed by atoms with E-state index < -0.39 is 41.3 Å². The molecule has 2 heterocycles. The Bertz CT molecular complexity index is 1570. The molecule has 0 saturated carbocycles. The van der Waals surface area contributed by atoms with E-state index in [0.717, 1.165) is 0 Å². The maximum Gasteiger partial charge on any atom is 0.420 e. The van der Waals surface area contributed by atoms with Crippen molar-refractivity contribution >= 4 is 23.1 Å². The molecule has 1 aliphatic heterocycles. The van der Waals surface area contributed by atoms with Gasteiger partial charge in [0.25, 0.3) is 5.91 Å². The average molecular weight is 613 g/mol. The molecule has 0 bridgehead atoms. The van der Waals surface area contributed by atoms with E-state index in [2.05, 4.69) is 5.32 Å². The molecule has 44 heavy (non-hydrogen) atoms. The third-order valence-electron chi connectivity index (χ3n) is 6.87. The summed E-state index contributed by atoms with van der Waals surface area (Å²) in [5.41, 5.74) is 1.59. The van der Waals surface area contributed by atoms with E-state index in [0.29, 0.717) is 35.2 Å². The molecule has 1 aliphatic rings. The first-order valence-electron chi connectivity index (χ1n) is 14.4. The third-order valence-corrected chi connectivity index (χ3v) is 6.87. The Labute approximate surface area is 253 Å². The lowest BCUT2D eigenvalue weighted by molar-refractivity contribution is -0.133. The van der Waals surface area contributed by atoms with Gasteiger partial charge in [-0.25, -0.2) is 14.0 Å². The van der Waals surface area contributed by atoms with E-state index in [1.165, 1.54) is 15.5 Å². The SMILES string of the molecule is CC(C)(C)OC(=O)N1CCCO[C@H](C(=O)N[C@H](C#N)Cc2ccc(-c3ccc4oc(=O)n(CCOCCO)c4c3)cc2F)C1. The van der Waals surface area contributed by atoms with Crippen molar-refractivity contribution in [1.29, 1.82) is 5.26 Å². The summed E-state index contributed by atoms with van der Waals surface area (Å²) in [7, 11) is 0. The van der Waals surface area contributed by atoms with Crippen molar-refractivity contribution < 1.29 is 37.7 Å². The fourth-order valence-corrected chi connectivity index (χ4v) is 4.76. The van der Waals surface area contributed by atoms with E-state index in [1.54, 1.807) is 51.1 Å². The van der Waals surface area contributed by atoms with Crippen LogP contribution in [0.4, 0.5) is 9.18 Å². The highest BCUT2D eigenvalue weighted by Crippen LogP contribution is 2.26. The Morgan fingerprint density at radius 1 is 1.20 bits per heavy atom. The molecule has 1 fully saturated rings. The summed E-state index contributed by atoms with van der Waals surface area (Å²) in [6, 6.07) is 10.6. The Balaban J connectivity index is 1.43. The van der Waals surface area contributed by atoms with E-state index in [9.17, 15) is 19.6 Å². The van der Waals surface area contributed by atoms with Crippen LogP contribution in [0.3, 0.4) is 0 Å². The number of nitriles is 1. The van der Waals surface area contributed by atoms with E-state index >= 15 is 4.39 Å². The molecule has 236 valence electrons. The third kappa shape index (κ3) is 8.43. The van der Waals surface area contributed by atoms with Crippen LogP contribution in [-0.2, 0) is 32.0 Å². The number of carbonyl (C=O) groups is 2. The number of aliphatic hydroxyl groups is 1. The lowest BCUT2D eigenvalue weighted by Gasteiger charge is -2.27. The number of ether oxygens (including phenoxy) is 3. The van der Waals surface area contributed by atoms with Crippen molar-refractivity contribution in [2.45, 2.75) is 57.9 Å². The molecule has 12 nitrogen and oxygen atoms in total. The number of oxazole rings is 1. The van der Waals surface area contributed by atoms with Crippen LogP contribution in [0.5, 0.6) is 0 Å². The van der Waals surface area contributed by atoms with Crippen LogP contribution in [0, 0.1) is 17.1 Å². The number of fused-ring (bicyclic) bond motifs is 1. The number of nitrogens with one attached hydrogen (secondary N) is 1. The molecule has 0 unspecified atom stereocenters. The number of rotatable bonds is 10. The van der Waals surface area contributed by atoms with Crippen molar-refractivity contribution in [1.82, 2.24) is 14.8 Å². The van der Waals surface area contributed by atoms with Gasteiger partial charge < -0.3 is 34.0 Å². The molecule has 1 saturated heterocycles. The first-order valence-corrected chi connectivity index (χ1v) is 14.4. The predicted molar refractivity (Wildman–Crippen MR) is 157 cm³/mol. The van der Waals surface area contributed by atoms with Crippen molar-refractivity contribution in [3.8, 4) is 17.2 Å². The van der Waals surface area contributed by atoms with Crippen molar-refractivity contribution in [2.24, 2.45) is 0 Å². The highest BCUT2D eigenvalue weighted by atomic mass is 19.1. The van der Waals surface area contributed by atoms with Gasteiger partial charge in [-0.1, -0.05) is 18.2 Å². The number of halogens is 1. The number of aromatic nitrogens is 1. The number of benzene rings is 2. The lowest BCUT2D eigenvalue weighted by Crippen LogP contribution is -2.48. The molecule has 13 heteroatoms. The molecule has 2 N–H and O–H groups in total. The van der Waals surface area contributed by atoms with Crippen LogP contribution in [0.2, 0.25) is 0 Å². The number of hydrogen-bond donors (Lipinski definition) is 2. The fraction of sp³-hybridized carbons (Fsp3) is 0.484. The van der Waals surface area contributed by atoms with Crippen LogP contribution >= 0.6 is 0 Å². The fourth-order valence-electron chi connectivity index (χ4n) is 4.76. The summed E-state index contributed by atoms with van der Waals surface area (Å²) in [6.45, 7) is 6.28. The van der Waals surface area contributed by atoms with Gasteiger partial charge in [0.05, 0.1) is 44.5 Å². The zero-order valence-electron chi connectivity index (χ0n) is 25.0. The number of carbonyl (C=O) groups excluding carboxylic acids is 2. The summed E-state index contributed by atoms with van der Waals surface area (Å²) < 4.78 is 38.3. The zero-order valence-corrected chi connectivity index (χ0v) is 25.0. The first-order chi connectivity index (χ1) is 21.0. The maximum absolute atomic E-state index is 15.3. The van der Waals surface area contributed by atoms with Gasteiger partial charge in [0.15, 0.2) is 11.7 Å². The highest BCUT2D eigenvalue weighted by Gasteiger charge is 2.31. The number of aliphatic hydroxyl groups excluding tert-OH is 1. The van der Waals surface area contributed by atoms with Gasteiger partial charge in [0.1, 0.15) is 17.5 Å². The molecule has 2 aromatic carbocycles. The monoisotopic (exact) mass is 612 g/mol. The average Bonchev–Trinajstić information content (AvgIpc) is 3.11. The minimum Gasteiger partial charge on any atom is -0.444 e. The molecule has 2 amide bonds. The van der Waals surface area contributed by atoms with E-state index in [-0.39, 0.29) is 51.5 Å². The summed E-state index contributed by atoms with van der Waals surface area (Å²) in [5, 5.41) is 21.2. The van der Waals surface area contributed by atoms with Crippen molar-refractivity contribution in [3.05, 3.63) is 58.3 Å². The zero-order chi connectivity index (χ0) is 31.9. The summed E-state index contributed by atoms with van der Waals surface area (Å²) >= 11 is 0. The Hall–Kier alpha value is -4.25. The smallest absolute Gasteiger partial charge is 0.420 e. The Kier molecular flexibility index (Phi) is 10.7.